The first-order chi connectivity index (χ1) is 20.7. The lowest BCUT2D eigenvalue weighted by atomic mass is 9.61. The number of H-pyrrole nitrogens is 2. The highest BCUT2D eigenvalue weighted by atomic mass is 19.1. The minimum absolute atomic E-state index is 0.0366. The van der Waals surface area contributed by atoms with Gasteiger partial charge in [0, 0.05) is 52.5 Å². The van der Waals surface area contributed by atoms with Crippen LogP contribution in [0.3, 0.4) is 0 Å². The number of nitrogens with one attached hydrogen (secondary N) is 3. The van der Waals surface area contributed by atoms with E-state index in [2.05, 4.69) is 25.1 Å². The van der Waals surface area contributed by atoms with E-state index in [0.717, 1.165) is 37.8 Å². The Hall–Kier alpha value is -4.92. The molecule has 3 aliphatic carbocycles. The van der Waals surface area contributed by atoms with E-state index in [4.69, 9.17) is 6.57 Å². The summed E-state index contributed by atoms with van der Waals surface area (Å²) in [5, 5.41) is 13.1. The number of hydrogen-bond donors (Lipinski definition) is 4. The van der Waals surface area contributed by atoms with Crippen molar-refractivity contribution in [2.45, 2.75) is 31.7 Å². The summed E-state index contributed by atoms with van der Waals surface area (Å²) in [5.74, 6) is -7.04. The van der Waals surface area contributed by atoms with Crippen LogP contribution < -0.4 is 5.32 Å². The Balaban J connectivity index is 1.51. The SMILES string of the molecule is [C-]#[N+]c1c(-c2c[nH]c3c(F)cc(F)cc23)nc(NC2C3CCC(CC3)C2C(=O)O)c(F)c1-c1c[nH]c2c(F)cc(F)cc12. The Morgan fingerprint density at radius 3 is 2.02 bits per heavy atom. The van der Waals surface area contributed by atoms with Crippen LogP contribution in [0.1, 0.15) is 25.7 Å². The molecule has 4 N–H and O–H groups in total. The van der Waals surface area contributed by atoms with Gasteiger partial charge in [-0.1, -0.05) is 0 Å². The van der Waals surface area contributed by atoms with Crippen molar-refractivity contribution in [3.63, 3.8) is 0 Å². The summed E-state index contributed by atoms with van der Waals surface area (Å²) < 4.78 is 74.6. The molecule has 3 saturated carbocycles. The summed E-state index contributed by atoms with van der Waals surface area (Å²) >= 11 is 0. The normalized spacial score (nSPS) is 21.4. The van der Waals surface area contributed by atoms with Gasteiger partial charge in [-0.3, -0.25) is 4.79 Å². The minimum atomic E-state index is -1.02. The molecule has 3 aromatic heterocycles. The number of fused-ring (bicyclic) bond motifs is 5. The maximum Gasteiger partial charge on any atom is 0.308 e. The third kappa shape index (κ3) is 4.13. The third-order valence-corrected chi connectivity index (χ3v) is 8.97. The van der Waals surface area contributed by atoms with Crippen LogP contribution >= 0.6 is 0 Å². The number of carbonyl (C=O) groups is 1. The van der Waals surface area contributed by atoms with Crippen molar-refractivity contribution in [1.29, 1.82) is 0 Å². The number of carboxylic acid groups (broad SMARTS) is 1. The van der Waals surface area contributed by atoms with Crippen LogP contribution in [0.4, 0.5) is 33.5 Å². The zero-order chi connectivity index (χ0) is 30.2. The molecule has 43 heavy (non-hydrogen) atoms. The lowest BCUT2D eigenvalue weighted by Gasteiger charge is -2.47. The Kier molecular flexibility index (Phi) is 6.16. The molecule has 2 aromatic carbocycles. The number of pyridine rings is 1. The largest absolute Gasteiger partial charge is 0.481 e. The number of rotatable bonds is 5. The lowest BCUT2D eigenvalue weighted by molar-refractivity contribution is -0.148. The summed E-state index contributed by atoms with van der Waals surface area (Å²) in [6.45, 7) is 7.99. The van der Waals surface area contributed by atoms with Gasteiger partial charge in [-0.2, -0.15) is 0 Å². The van der Waals surface area contributed by atoms with E-state index < -0.39 is 47.0 Å². The summed E-state index contributed by atoms with van der Waals surface area (Å²) in [5.41, 5.74) is -1.00. The molecule has 2 atom stereocenters. The lowest BCUT2D eigenvalue weighted by Crippen LogP contribution is -2.51. The van der Waals surface area contributed by atoms with E-state index in [0.29, 0.717) is 12.1 Å². The fourth-order valence-electron chi connectivity index (χ4n) is 7.08. The molecular formula is C31H22F5N5O2. The Morgan fingerprint density at radius 1 is 0.884 bits per heavy atom. The van der Waals surface area contributed by atoms with Crippen LogP contribution in [0.5, 0.6) is 0 Å². The van der Waals surface area contributed by atoms with E-state index in [9.17, 15) is 27.5 Å². The molecule has 0 amide bonds. The summed E-state index contributed by atoms with van der Waals surface area (Å²) in [7, 11) is 0. The van der Waals surface area contributed by atoms with Gasteiger partial charge in [-0.15, -0.1) is 0 Å². The standard InChI is InChI=1S/C31H22F5N5O2/c1-37-29-23(18-10-38-26-16(18)6-14(32)8-20(26)34)24(36)30(40-25-13-4-2-12(3-5-13)22(25)31(42)43)41-28(29)19-11-39-27-17(19)7-15(33)9-21(27)35/h6-13,22,25,38-39H,2-5H2,(H,40,41)(H,42,43). The van der Waals surface area contributed by atoms with Gasteiger partial charge < -0.3 is 20.4 Å². The third-order valence-electron chi connectivity index (χ3n) is 8.97. The number of carboxylic acids is 1. The summed E-state index contributed by atoms with van der Waals surface area (Å²) in [4.78, 5) is 25.7. The number of aromatic nitrogens is 3. The van der Waals surface area contributed by atoms with Crippen molar-refractivity contribution in [3.8, 4) is 22.4 Å². The van der Waals surface area contributed by atoms with Crippen molar-refractivity contribution in [3.05, 3.63) is 77.2 Å². The molecule has 2 bridgehead atoms. The zero-order valence-corrected chi connectivity index (χ0v) is 22.2. The second-order valence-corrected chi connectivity index (χ2v) is 11.2. The maximum atomic E-state index is 16.7. The van der Waals surface area contributed by atoms with Gasteiger partial charge in [0.05, 0.1) is 29.2 Å². The van der Waals surface area contributed by atoms with E-state index in [1.807, 2.05) is 0 Å². The van der Waals surface area contributed by atoms with Crippen LogP contribution in [0, 0.1) is 53.4 Å². The first kappa shape index (κ1) is 26.9. The first-order valence-electron chi connectivity index (χ1n) is 13.7. The minimum Gasteiger partial charge on any atom is -0.481 e. The number of halogens is 5. The number of anilines is 1. The topological polar surface area (TPSA) is 98.2 Å². The Labute approximate surface area is 240 Å². The second-order valence-electron chi connectivity index (χ2n) is 11.2. The molecular weight excluding hydrogens is 569 g/mol. The molecule has 5 aromatic rings. The van der Waals surface area contributed by atoms with Gasteiger partial charge in [0.2, 0.25) is 5.69 Å². The number of hydrogen-bond acceptors (Lipinski definition) is 3. The van der Waals surface area contributed by atoms with Gasteiger partial charge in [-0.25, -0.2) is 31.8 Å². The van der Waals surface area contributed by atoms with Gasteiger partial charge in [0.15, 0.2) is 11.6 Å². The number of benzene rings is 2. The molecule has 218 valence electrons. The maximum absolute atomic E-state index is 16.7. The average Bonchev–Trinajstić information content (AvgIpc) is 3.59. The van der Waals surface area contributed by atoms with Gasteiger partial charge >= 0.3 is 5.97 Å². The second kappa shape index (κ2) is 9.83. The predicted molar refractivity (Wildman–Crippen MR) is 149 cm³/mol. The van der Waals surface area contributed by atoms with Crippen molar-refractivity contribution in [1.82, 2.24) is 15.0 Å². The number of aliphatic carboxylic acids is 1. The molecule has 0 aliphatic heterocycles. The molecule has 0 radical (unpaired) electrons. The monoisotopic (exact) mass is 591 g/mol. The predicted octanol–water partition coefficient (Wildman–Crippen LogP) is 7.93. The van der Waals surface area contributed by atoms with Gasteiger partial charge in [0.1, 0.15) is 23.3 Å². The van der Waals surface area contributed by atoms with Crippen LogP contribution in [0.2, 0.25) is 0 Å². The van der Waals surface area contributed by atoms with Crippen LogP contribution in [-0.4, -0.2) is 32.1 Å². The molecule has 0 saturated heterocycles. The molecule has 3 aliphatic rings. The first-order valence-corrected chi connectivity index (χ1v) is 13.7. The molecule has 3 fully saturated rings. The smallest absolute Gasteiger partial charge is 0.308 e. The summed E-state index contributed by atoms with van der Waals surface area (Å²) in [6.07, 6.45) is 5.52. The van der Waals surface area contributed by atoms with Crippen molar-refractivity contribution in [2.75, 3.05) is 5.32 Å². The van der Waals surface area contributed by atoms with Crippen molar-refractivity contribution < 1.29 is 31.9 Å². The molecule has 3 heterocycles. The fourth-order valence-corrected chi connectivity index (χ4v) is 7.08. The van der Waals surface area contributed by atoms with E-state index >= 15 is 4.39 Å². The van der Waals surface area contributed by atoms with Crippen LogP contribution in [-0.2, 0) is 4.79 Å². The van der Waals surface area contributed by atoms with E-state index in [1.165, 1.54) is 12.4 Å². The van der Waals surface area contributed by atoms with E-state index in [1.54, 1.807) is 0 Å². The molecule has 2 unspecified atom stereocenters. The Bertz CT molecular complexity index is 2000. The number of nitrogens with zero attached hydrogens (tertiary/aromatic N) is 2. The Morgan fingerprint density at radius 2 is 1.44 bits per heavy atom. The van der Waals surface area contributed by atoms with Gasteiger partial charge in [0.25, 0.3) is 0 Å². The molecule has 7 nitrogen and oxygen atoms in total. The summed E-state index contributed by atoms with van der Waals surface area (Å²) in [6, 6.07) is 2.73. The van der Waals surface area contributed by atoms with Crippen molar-refractivity contribution >= 4 is 39.3 Å². The highest BCUT2D eigenvalue weighted by Crippen LogP contribution is 2.49. The molecule has 12 heteroatoms. The van der Waals surface area contributed by atoms with Crippen LogP contribution in [0.15, 0.2) is 36.7 Å². The van der Waals surface area contributed by atoms with E-state index in [-0.39, 0.29) is 67.5 Å². The fraction of sp³-hybridized carbons (Fsp3) is 0.258. The number of aromatic amines is 2. The quantitative estimate of drug-likeness (QED) is 0.123. The highest BCUT2D eigenvalue weighted by molar-refractivity contribution is 6.05. The average molecular weight is 592 g/mol. The zero-order valence-electron chi connectivity index (χ0n) is 22.2. The highest BCUT2D eigenvalue weighted by Gasteiger charge is 2.48. The van der Waals surface area contributed by atoms with Gasteiger partial charge in [-0.05, 0) is 55.2 Å². The molecule has 0 spiro atoms. The van der Waals surface area contributed by atoms with Crippen molar-refractivity contribution in [2.24, 2.45) is 17.8 Å². The molecule has 8 rings (SSSR count). The van der Waals surface area contributed by atoms with Crippen LogP contribution in [0.25, 0.3) is 49.0 Å².